The molecule has 7 nitrogen and oxygen atoms in total. The molecule has 2 aromatic carbocycles. The van der Waals surface area contributed by atoms with Gasteiger partial charge in [0.25, 0.3) is 5.91 Å². The van der Waals surface area contributed by atoms with Crippen LogP contribution in [0.4, 0.5) is 5.69 Å². The summed E-state index contributed by atoms with van der Waals surface area (Å²) in [5.41, 5.74) is 1.21. The Bertz CT molecular complexity index is 1080. The number of carbonyl (C=O) groups is 3. The van der Waals surface area contributed by atoms with E-state index >= 15 is 0 Å². The predicted molar refractivity (Wildman–Crippen MR) is 115 cm³/mol. The smallest absolute Gasteiger partial charge is 0.374 e. The second-order valence-corrected chi connectivity index (χ2v) is 7.29. The third-order valence-corrected chi connectivity index (χ3v) is 4.90. The maximum Gasteiger partial charge on any atom is 0.374 e. The van der Waals surface area contributed by atoms with Gasteiger partial charge in [0, 0.05) is 10.0 Å². The summed E-state index contributed by atoms with van der Waals surface area (Å²) in [5, 5.41) is 5.50. The van der Waals surface area contributed by atoms with E-state index in [-0.39, 0.29) is 12.3 Å². The Kier molecular flexibility index (Phi) is 7.26. The molecular weight excluding hydrogens is 476 g/mol. The molecule has 0 radical (unpaired) electrons. The van der Waals surface area contributed by atoms with Gasteiger partial charge in [0.1, 0.15) is 5.76 Å². The first-order valence-electron chi connectivity index (χ1n) is 8.77. The number of hydrogen-bond donors (Lipinski definition) is 2. The summed E-state index contributed by atoms with van der Waals surface area (Å²) in [5.74, 6) is -1.51. The van der Waals surface area contributed by atoms with Crippen LogP contribution in [0.25, 0.3) is 11.3 Å². The summed E-state index contributed by atoms with van der Waals surface area (Å²) < 4.78 is 11.1. The van der Waals surface area contributed by atoms with Crippen molar-refractivity contribution in [3.05, 3.63) is 75.9 Å². The molecule has 154 valence electrons. The molecule has 0 spiro atoms. The second kappa shape index (κ2) is 10.1. The van der Waals surface area contributed by atoms with Gasteiger partial charge >= 0.3 is 5.97 Å². The van der Waals surface area contributed by atoms with Gasteiger partial charge in [-0.15, -0.1) is 0 Å². The van der Waals surface area contributed by atoms with Crippen LogP contribution >= 0.6 is 27.5 Å². The van der Waals surface area contributed by atoms with Crippen LogP contribution in [0, 0.1) is 0 Å². The minimum absolute atomic E-state index is 0.0654. The largest absolute Gasteiger partial charge is 0.450 e. The van der Waals surface area contributed by atoms with E-state index in [0.717, 1.165) is 0 Å². The van der Waals surface area contributed by atoms with E-state index in [1.165, 1.54) is 6.07 Å². The molecule has 2 N–H and O–H groups in total. The lowest BCUT2D eigenvalue weighted by atomic mass is 10.2. The minimum Gasteiger partial charge on any atom is -0.450 e. The number of anilines is 1. The lowest BCUT2D eigenvalue weighted by Gasteiger charge is -2.08. The Morgan fingerprint density at radius 3 is 2.47 bits per heavy atom. The molecule has 0 unspecified atom stereocenters. The van der Waals surface area contributed by atoms with Gasteiger partial charge in [0.15, 0.2) is 6.61 Å². The lowest BCUT2D eigenvalue weighted by molar-refractivity contribution is -0.126. The maximum absolute atomic E-state index is 12.1. The topological polar surface area (TPSA) is 97.6 Å². The van der Waals surface area contributed by atoms with Crippen molar-refractivity contribution < 1.29 is 23.5 Å². The molecule has 1 aromatic heterocycles. The van der Waals surface area contributed by atoms with E-state index in [4.69, 9.17) is 20.8 Å². The van der Waals surface area contributed by atoms with Gasteiger partial charge < -0.3 is 19.8 Å². The molecule has 0 fully saturated rings. The predicted octanol–water partition coefficient (Wildman–Crippen LogP) is 4.27. The van der Waals surface area contributed by atoms with Crippen molar-refractivity contribution >= 4 is 51.0 Å². The molecule has 0 aliphatic heterocycles. The Morgan fingerprint density at radius 1 is 0.967 bits per heavy atom. The van der Waals surface area contributed by atoms with Crippen molar-refractivity contribution in [3.63, 3.8) is 0 Å². The third-order valence-electron chi connectivity index (χ3n) is 3.87. The molecule has 0 aliphatic rings. The number of furan rings is 1. The van der Waals surface area contributed by atoms with Gasteiger partial charge in [-0.2, -0.15) is 0 Å². The average molecular weight is 492 g/mol. The van der Waals surface area contributed by atoms with Crippen LogP contribution in [0.3, 0.4) is 0 Å². The molecule has 0 saturated carbocycles. The SMILES string of the molecule is O=C(COC(=O)c1ccc(-c2ccccc2Cl)o1)NCC(=O)Nc1ccccc1Br. The summed E-state index contributed by atoms with van der Waals surface area (Å²) in [6, 6.07) is 17.1. The summed E-state index contributed by atoms with van der Waals surface area (Å²) in [7, 11) is 0. The van der Waals surface area contributed by atoms with Crippen molar-refractivity contribution in [3.8, 4) is 11.3 Å². The zero-order valence-corrected chi connectivity index (χ0v) is 17.8. The summed E-state index contributed by atoms with van der Waals surface area (Å²) in [6.45, 7) is -0.821. The zero-order chi connectivity index (χ0) is 21.5. The fraction of sp³-hybridized carbons (Fsp3) is 0.0952. The Labute approximate surface area is 185 Å². The molecule has 0 aliphatic carbocycles. The van der Waals surface area contributed by atoms with Gasteiger partial charge in [-0.05, 0) is 52.3 Å². The van der Waals surface area contributed by atoms with Crippen molar-refractivity contribution in [1.29, 1.82) is 0 Å². The lowest BCUT2D eigenvalue weighted by Crippen LogP contribution is -2.35. The minimum atomic E-state index is -0.805. The highest BCUT2D eigenvalue weighted by Gasteiger charge is 2.17. The van der Waals surface area contributed by atoms with Gasteiger partial charge in [-0.1, -0.05) is 35.9 Å². The molecule has 0 bridgehead atoms. The number of halogens is 2. The number of hydrogen-bond acceptors (Lipinski definition) is 5. The Morgan fingerprint density at radius 2 is 1.70 bits per heavy atom. The maximum atomic E-state index is 12.1. The van der Waals surface area contributed by atoms with Gasteiger partial charge in [-0.25, -0.2) is 4.79 Å². The van der Waals surface area contributed by atoms with E-state index in [9.17, 15) is 14.4 Å². The number of ether oxygens (including phenoxy) is 1. The van der Waals surface area contributed by atoms with Crippen LogP contribution in [0.2, 0.25) is 5.02 Å². The second-order valence-electron chi connectivity index (χ2n) is 6.02. The van der Waals surface area contributed by atoms with Crippen molar-refractivity contribution in [1.82, 2.24) is 5.32 Å². The van der Waals surface area contributed by atoms with E-state index in [2.05, 4.69) is 26.6 Å². The monoisotopic (exact) mass is 490 g/mol. The van der Waals surface area contributed by atoms with E-state index in [1.807, 2.05) is 6.07 Å². The molecule has 3 aromatic rings. The zero-order valence-electron chi connectivity index (χ0n) is 15.5. The van der Waals surface area contributed by atoms with Crippen LogP contribution in [-0.4, -0.2) is 30.9 Å². The summed E-state index contributed by atoms with van der Waals surface area (Å²) >= 11 is 9.42. The van der Waals surface area contributed by atoms with E-state index < -0.39 is 24.4 Å². The van der Waals surface area contributed by atoms with Crippen molar-refractivity contribution in [2.75, 3.05) is 18.5 Å². The normalized spacial score (nSPS) is 10.3. The van der Waals surface area contributed by atoms with E-state index in [1.54, 1.807) is 48.5 Å². The van der Waals surface area contributed by atoms with Gasteiger partial charge in [-0.3, -0.25) is 9.59 Å². The first-order chi connectivity index (χ1) is 14.4. The van der Waals surface area contributed by atoms with E-state index in [0.29, 0.717) is 26.5 Å². The molecule has 9 heteroatoms. The van der Waals surface area contributed by atoms with Gasteiger partial charge in [0.05, 0.1) is 17.3 Å². The fourth-order valence-electron chi connectivity index (χ4n) is 2.44. The van der Waals surface area contributed by atoms with Gasteiger partial charge in [0.2, 0.25) is 11.7 Å². The molecule has 30 heavy (non-hydrogen) atoms. The number of amides is 2. The first kappa shape index (κ1) is 21.6. The summed E-state index contributed by atoms with van der Waals surface area (Å²) in [6.07, 6.45) is 0. The number of esters is 1. The number of benzene rings is 2. The van der Waals surface area contributed by atoms with Crippen LogP contribution in [0.5, 0.6) is 0 Å². The van der Waals surface area contributed by atoms with Crippen LogP contribution in [0.15, 0.2) is 69.6 Å². The third kappa shape index (κ3) is 5.71. The number of rotatable bonds is 7. The molecule has 0 atom stereocenters. The molecular formula is C21H16BrClN2O5. The van der Waals surface area contributed by atoms with Crippen LogP contribution < -0.4 is 10.6 Å². The quantitative estimate of drug-likeness (QED) is 0.481. The molecule has 1 heterocycles. The standard InChI is InChI=1S/C21H16BrClN2O5/c22-14-6-2-4-8-16(14)25-19(26)11-24-20(27)12-29-21(28)18-10-9-17(30-18)13-5-1-3-7-15(13)23/h1-10H,11-12H2,(H,24,27)(H,25,26). The van der Waals surface area contributed by atoms with Crippen LogP contribution in [0.1, 0.15) is 10.6 Å². The average Bonchev–Trinajstić information content (AvgIpc) is 3.22. The number of para-hydroxylation sites is 1. The van der Waals surface area contributed by atoms with Crippen LogP contribution in [-0.2, 0) is 14.3 Å². The first-order valence-corrected chi connectivity index (χ1v) is 9.94. The fourth-order valence-corrected chi connectivity index (χ4v) is 3.06. The van der Waals surface area contributed by atoms with Crippen molar-refractivity contribution in [2.24, 2.45) is 0 Å². The highest BCUT2D eigenvalue weighted by molar-refractivity contribution is 9.10. The highest BCUT2D eigenvalue weighted by atomic mass is 79.9. The summed E-state index contributed by atoms with van der Waals surface area (Å²) in [4.78, 5) is 35.8. The number of nitrogens with one attached hydrogen (secondary N) is 2. The molecule has 2 amide bonds. The Balaban J connectivity index is 1.46. The molecule has 0 saturated heterocycles. The molecule has 3 rings (SSSR count). The Hall–Kier alpha value is -3.10. The van der Waals surface area contributed by atoms with Crippen molar-refractivity contribution in [2.45, 2.75) is 0 Å². The highest BCUT2D eigenvalue weighted by Crippen LogP contribution is 2.29. The number of carbonyl (C=O) groups excluding carboxylic acids is 3.